The minimum Gasteiger partial charge on any atom is -0.478 e. The average molecular weight is 264 g/mol. The molecule has 0 radical (unpaired) electrons. The first-order chi connectivity index (χ1) is 9.02. The lowest BCUT2D eigenvalue weighted by Crippen LogP contribution is -2.32. The number of hydrogen-bond donors (Lipinski definition) is 2. The number of aryl methyl sites for hydroxylation is 1. The van der Waals surface area contributed by atoms with Crippen molar-refractivity contribution in [2.75, 3.05) is 0 Å². The molecular formula is C12H12N2O5. The summed E-state index contributed by atoms with van der Waals surface area (Å²) in [6, 6.07) is 1.31. The van der Waals surface area contributed by atoms with Gasteiger partial charge in [0.05, 0.1) is 12.8 Å². The molecule has 7 heteroatoms. The second kappa shape index (κ2) is 4.97. The Morgan fingerprint density at radius 2 is 2.21 bits per heavy atom. The highest BCUT2D eigenvalue weighted by Crippen LogP contribution is 2.11. The summed E-state index contributed by atoms with van der Waals surface area (Å²) in [6.45, 7) is 1.74. The van der Waals surface area contributed by atoms with Crippen LogP contribution in [-0.2, 0) is 13.0 Å². The summed E-state index contributed by atoms with van der Waals surface area (Å²) >= 11 is 0. The molecule has 0 aliphatic carbocycles. The van der Waals surface area contributed by atoms with E-state index < -0.39 is 17.2 Å². The van der Waals surface area contributed by atoms with Gasteiger partial charge in [-0.3, -0.25) is 14.3 Å². The number of carbonyl (C=O) groups is 1. The lowest BCUT2D eigenvalue weighted by molar-refractivity contribution is 0.0694. The van der Waals surface area contributed by atoms with Crippen LogP contribution in [0.3, 0.4) is 0 Å². The highest BCUT2D eigenvalue weighted by Gasteiger charge is 2.14. The van der Waals surface area contributed by atoms with Crippen LogP contribution in [0.1, 0.15) is 28.6 Å². The molecule has 0 aromatic carbocycles. The first kappa shape index (κ1) is 12.9. The maximum atomic E-state index is 11.6. The van der Waals surface area contributed by atoms with Gasteiger partial charge in [-0.25, -0.2) is 9.59 Å². The number of rotatable bonds is 4. The summed E-state index contributed by atoms with van der Waals surface area (Å²) in [5.74, 6) is -0.972. The normalized spacial score (nSPS) is 10.6. The zero-order valence-electron chi connectivity index (χ0n) is 10.2. The maximum Gasteiger partial charge on any atom is 0.339 e. The molecule has 0 saturated heterocycles. The van der Waals surface area contributed by atoms with Gasteiger partial charge in [-0.05, 0) is 12.5 Å². The number of H-pyrrole nitrogens is 1. The molecule has 0 amide bonds. The molecule has 100 valence electrons. The number of furan rings is 1. The third kappa shape index (κ3) is 2.49. The third-order valence-electron chi connectivity index (χ3n) is 2.76. The first-order valence-electron chi connectivity index (χ1n) is 5.65. The fourth-order valence-corrected chi connectivity index (χ4v) is 1.73. The lowest BCUT2D eigenvalue weighted by atomic mass is 10.2. The quantitative estimate of drug-likeness (QED) is 0.833. The van der Waals surface area contributed by atoms with Crippen molar-refractivity contribution in [2.45, 2.75) is 19.9 Å². The molecule has 7 nitrogen and oxygen atoms in total. The second-order valence-electron chi connectivity index (χ2n) is 3.96. The summed E-state index contributed by atoms with van der Waals surface area (Å²) in [4.78, 5) is 36.2. The van der Waals surface area contributed by atoms with E-state index in [9.17, 15) is 14.4 Å². The van der Waals surface area contributed by atoms with Gasteiger partial charge in [-0.15, -0.1) is 0 Å². The zero-order chi connectivity index (χ0) is 14.0. The van der Waals surface area contributed by atoms with Crippen LogP contribution < -0.4 is 11.2 Å². The van der Waals surface area contributed by atoms with Crippen molar-refractivity contribution < 1.29 is 14.3 Å². The Hall–Kier alpha value is -2.57. The molecule has 2 aromatic heterocycles. The van der Waals surface area contributed by atoms with Gasteiger partial charge in [0.15, 0.2) is 0 Å². The highest BCUT2D eigenvalue weighted by atomic mass is 16.4. The van der Waals surface area contributed by atoms with E-state index in [1.165, 1.54) is 23.1 Å². The largest absolute Gasteiger partial charge is 0.478 e. The summed E-state index contributed by atoms with van der Waals surface area (Å²) in [6.07, 6.45) is 3.13. The van der Waals surface area contributed by atoms with Crippen molar-refractivity contribution in [3.05, 3.63) is 56.3 Å². The average Bonchev–Trinajstić information content (AvgIpc) is 2.81. The highest BCUT2D eigenvalue weighted by molar-refractivity contribution is 5.88. The molecule has 2 N–H and O–H groups in total. The Morgan fingerprint density at radius 3 is 2.84 bits per heavy atom. The van der Waals surface area contributed by atoms with Crippen LogP contribution in [-0.4, -0.2) is 20.6 Å². The first-order valence-corrected chi connectivity index (χ1v) is 5.65. The summed E-state index contributed by atoms with van der Waals surface area (Å²) < 4.78 is 6.27. The molecular weight excluding hydrogens is 252 g/mol. The lowest BCUT2D eigenvalue weighted by Gasteiger charge is -2.05. The number of nitrogens with zero attached hydrogens (tertiary/aromatic N) is 1. The number of carboxylic acid groups (broad SMARTS) is 1. The molecule has 0 unspecified atom stereocenters. The zero-order valence-corrected chi connectivity index (χ0v) is 10.2. The third-order valence-corrected chi connectivity index (χ3v) is 2.76. The van der Waals surface area contributed by atoms with Gasteiger partial charge in [-0.1, -0.05) is 6.92 Å². The summed E-state index contributed by atoms with van der Waals surface area (Å²) in [5.41, 5.74) is -0.587. The Morgan fingerprint density at radius 1 is 1.47 bits per heavy atom. The minimum absolute atomic E-state index is 0.00357. The van der Waals surface area contributed by atoms with E-state index in [-0.39, 0.29) is 17.9 Å². The van der Waals surface area contributed by atoms with Crippen LogP contribution in [0.5, 0.6) is 0 Å². The van der Waals surface area contributed by atoms with Crippen molar-refractivity contribution in [2.24, 2.45) is 0 Å². The van der Waals surface area contributed by atoms with E-state index in [4.69, 9.17) is 9.52 Å². The van der Waals surface area contributed by atoms with E-state index in [1.807, 2.05) is 0 Å². The molecule has 2 heterocycles. The number of aromatic carboxylic acids is 1. The van der Waals surface area contributed by atoms with Crippen LogP contribution in [0.2, 0.25) is 0 Å². The van der Waals surface area contributed by atoms with Gasteiger partial charge in [0.2, 0.25) is 0 Å². The summed E-state index contributed by atoms with van der Waals surface area (Å²) in [7, 11) is 0. The number of aromatic amines is 1. The van der Waals surface area contributed by atoms with Crippen LogP contribution in [0.4, 0.5) is 0 Å². The monoisotopic (exact) mass is 264 g/mol. The number of hydrogen-bond acceptors (Lipinski definition) is 4. The van der Waals surface area contributed by atoms with E-state index in [2.05, 4.69) is 4.98 Å². The molecule has 2 aromatic rings. The van der Waals surface area contributed by atoms with Gasteiger partial charge in [0.25, 0.3) is 5.56 Å². The molecule has 0 saturated carbocycles. The van der Waals surface area contributed by atoms with Gasteiger partial charge in [-0.2, -0.15) is 0 Å². The number of aromatic nitrogens is 2. The van der Waals surface area contributed by atoms with Crippen molar-refractivity contribution in [1.82, 2.24) is 9.55 Å². The van der Waals surface area contributed by atoms with Gasteiger partial charge < -0.3 is 9.52 Å². The molecule has 0 bridgehead atoms. The van der Waals surface area contributed by atoms with Crippen LogP contribution in [0.25, 0.3) is 0 Å². The van der Waals surface area contributed by atoms with Gasteiger partial charge in [0, 0.05) is 11.8 Å². The molecule has 2 rings (SSSR count). The van der Waals surface area contributed by atoms with Crippen molar-refractivity contribution in [3.63, 3.8) is 0 Å². The molecule has 0 atom stereocenters. The Bertz CT molecular complexity index is 722. The fourth-order valence-electron chi connectivity index (χ4n) is 1.73. The van der Waals surface area contributed by atoms with Crippen LogP contribution in [0, 0.1) is 0 Å². The van der Waals surface area contributed by atoms with Crippen LogP contribution >= 0.6 is 0 Å². The molecule has 0 fully saturated rings. The van der Waals surface area contributed by atoms with E-state index >= 15 is 0 Å². The van der Waals surface area contributed by atoms with Gasteiger partial charge in [0.1, 0.15) is 11.3 Å². The van der Waals surface area contributed by atoms with E-state index in [0.29, 0.717) is 12.0 Å². The summed E-state index contributed by atoms with van der Waals surface area (Å²) in [5, 5.41) is 8.94. The Kier molecular flexibility index (Phi) is 3.37. The fraction of sp³-hybridized carbons (Fsp3) is 0.250. The molecule has 0 aliphatic rings. The molecule has 0 aliphatic heterocycles. The van der Waals surface area contributed by atoms with Crippen molar-refractivity contribution >= 4 is 5.97 Å². The smallest absolute Gasteiger partial charge is 0.339 e. The number of nitrogens with one attached hydrogen (secondary N) is 1. The van der Waals surface area contributed by atoms with Crippen molar-refractivity contribution in [3.8, 4) is 0 Å². The predicted molar refractivity (Wildman–Crippen MR) is 65.5 cm³/mol. The minimum atomic E-state index is -1.13. The molecule has 0 spiro atoms. The second-order valence-corrected chi connectivity index (χ2v) is 3.96. The van der Waals surface area contributed by atoms with E-state index in [0.717, 1.165) is 0 Å². The van der Waals surface area contributed by atoms with E-state index in [1.54, 1.807) is 6.92 Å². The Balaban J connectivity index is 2.44. The SMILES string of the molecule is CCc1cn(Cc2occc2C(=O)O)c(=O)[nH]c1=O. The number of carboxylic acids is 1. The predicted octanol–water partition coefficient (Wildman–Crippen LogP) is 0.439. The standard InChI is InChI=1S/C12H12N2O5/c1-2-7-5-14(12(18)13-10(7)15)6-9-8(11(16)17)3-4-19-9/h3-5H,2,6H2,1H3,(H,16,17)(H,13,15,18). The topological polar surface area (TPSA) is 105 Å². The Labute approximate surface area is 107 Å². The van der Waals surface area contributed by atoms with Crippen molar-refractivity contribution in [1.29, 1.82) is 0 Å². The van der Waals surface area contributed by atoms with Gasteiger partial charge >= 0.3 is 11.7 Å². The molecule has 19 heavy (non-hydrogen) atoms. The maximum absolute atomic E-state index is 11.6. The van der Waals surface area contributed by atoms with Crippen LogP contribution in [0.15, 0.2) is 32.5 Å².